The third-order valence-electron chi connectivity index (χ3n) is 4.80. The molecular weight excluding hydrogens is 340 g/mol. The molecule has 5 nitrogen and oxygen atoms in total. The Bertz CT molecular complexity index is 739. The summed E-state index contributed by atoms with van der Waals surface area (Å²) in [5, 5.41) is 3.02. The Morgan fingerprint density at radius 2 is 2.04 bits per heavy atom. The van der Waals surface area contributed by atoms with Gasteiger partial charge in [0.25, 0.3) is 0 Å². The van der Waals surface area contributed by atoms with Crippen LogP contribution >= 0.6 is 0 Å². The molecule has 1 atom stereocenters. The highest BCUT2D eigenvalue weighted by Gasteiger charge is 2.22. The van der Waals surface area contributed by atoms with Crippen LogP contribution < -0.4 is 5.32 Å². The molecule has 2 amide bonds. The molecule has 2 aromatic carbocycles. The average molecular weight is 368 g/mol. The molecule has 0 saturated carbocycles. The predicted molar refractivity (Wildman–Crippen MR) is 108 cm³/mol. The number of anilines is 1. The zero-order valence-corrected chi connectivity index (χ0v) is 16.1. The summed E-state index contributed by atoms with van der Waals surface area (Å²) >= 11 is 0. The fourth-order valence-electron chi connectivity index (χ4n) is 3.24. The number of hydrogen-bond donors (Lipinski definition) is 1. The van der Waals surface area contributed by atoms with Crippen molar-refractivity contribution in [3.05, 3.63) is 54.1 Å². The van der Waals surface area contributed by atoms with Crippen molar-refractivity contribution in [1.29, 1.82) is 0 Å². The van der Waals surface area contributed by atoms with E-state index in [1.807, 2.05) is 18.2 Å². The highest BCUT2D eigenvalue weighted by atomic mass is 16.5. The Morgan fingerprint density at radius 1 is 1.22 bits per heavy atom. The summed E-state index contributed by atoms with van der Waals surface area (Å²) in [6, 6.07) is 16.2. The molecule has 1 N–H and O–H groups in total. The van der Waals surface area contributed by atoms with Gasteiger partial charge in [-0.15, -0.1) is 0 Å². The molecule has 0 aliphatic carbocycles. The summed E-state index contributed by atoms with van der Waals surface area (Å²) in [7, 11) is 1.65. The monoisotopic (exact) mass is 368 g/mol. The summed E-state index contributed by atoms with van der Waals surface area (Å²) in [6.07, 6.45) is 2.18. The van der Waals surface area contributed by atoms with Crippen LogP contribution in [0, 0.1) is 6.92 Å². The molecule has 3 rings (SSSR count). The number of amides is 2. The zero-order chi connectivity index (χ0) is 19.1. The Kier molecular flexibility index (Phi) is 6.85. The number of hydrogen-bond acceptors (Lipinski definition) is 3. The predicted octanol–water partition coefficient (Wildman–Crippen LogP) is 4.32. The lowest BCUT2D eigenvalue weighted by Gasteiger charge is -2.25. The highest BCUT2D eigenvalue weighted by Crippen LogP contribution is 2.23. The van der Waals surface area contributed by atoms with Gasteiger partial charge in [0, 0.05) is 32.5 Å². The SMILES string of the molecule is COCCN(C[C@H]1CCCO1)C(=O)Nc1cccc(-c2ccc(C)cc2)c1. The number of carbonyl (C=O) groups excluding carboxylic acids is 1. The molecule has 0 radical (unpaired) electrons. The molecule has 1 aliphatic heterocycles. The van der Waals surface area contributed by atoms with Crippen molar-refractivity contribution in [3.8, 4) is 11.1 Å². The lowest BCUT2D eigenvalue weighted by atomic mass is 10.0. The Hall–Kier alpha value is -2.37. The first-order valence-corrected chi connectivity index (χ1v) is 9.49. The van der Waals surface area contributed by atoms with E-state index in [9.17, 15) is 4.79 Å². The molecule has 1 fully saturated rings. The molecule has 0 unspecified atom stereocenters. The van der Waals surface area contributed by atoms with E-state index < -0.39 is 0 Å². The number of benzene rings is 2. The first-order chi connectivity index (χ1) is 13.2. The van der Waals surface area contributed by atoms with Gasteiger partial charge in [0.05, 0.1) is 12.7 Å². The standard InChI is InChI=1S/C22H28N2O3/c1-17-8-10-18(11-9-17)19-5-3-6-20(15-19)23-22(25)24(12-14-26-2)16-21-7-4-13-27-21/h3,5-6,8-11,15,21H,4,7,12-14,16H2,1-2H3,(H,23,25)/t21-/m1/s1. The van der Waals surface area contributed by atoms with E-state index in [0.29, 0.717) is 19.7 Å². The van der Waals surface area contributed by atoms with Crippen LogP contribution in [0.1, 0.15) is 18.4 Å². The number of ether oxygens (including phenoxy) is 2. The molecule has 144 valence electrons. The van der Waals surface area contributed by atoms with Gasteiger partial charge < -0.3 is 19.7 Å². The molecule has 27 heavy (non-hydrogen) atoms. The lowest BCUT2D eigenvalue weighted by Crippen LogP contribution is -2.42. The Labute approximate surface area is 161 Å². The number of rotatable bonds is 7. The maximum Gasteiger partial charge on any atom is 0.322 e. The van der Waals surface area contributed by atoms with Gasteiger partial charge in [0.2, 0.25) is 0 Å². The van der Waals surface area contributed by atoms with Crippen LogP contribution in [0.3, 0.4) is 0 Å². The maximum atomic E-state index is 12.8. The quantitative estimate of drug-likeness (QED) is 0.792. The fourth-order valence-corrected chi connectivity index (χ4v) is 3.24. The summed E-state index contributed by atoms with van der Waals surface area (Å²) in [4.78, 5) is 14.6. The molecule has 1 saturated heterocycles. The van der Waals surface area contributed by atoms with E-state index in [1.54, 1.807) is 12.0 Å². The normalized spacial score (nSPS) is 16.3. The molecule has 0 spiro atoms. The zero-order valence-electron chi connectivity index (χ0n) is 16.1. The minimum Gasteiger partial charge on any atom is -0.383 e. The minimum atomic E-state index is -0.122. The van der Waals surface area contributed by atoms with Crippen LogP contribution in [-0.2, 0) is 9.47 Å². The molecule has 1 aliphatic rings. The maximum absolute atomic E-state index is 12.8. The second-order valence-electron chi connectivity index (χ2n) is 6.95. The van der Waals surface area contributed by atoms with Gasteiger partial charge in [0.1, 0.15) is 0 Å². The van der Waals surface area contributed by atoms with E-state index in [1.165, 1.54) is 5.56 Å². The van der Waals surface area contributed by atoms with Crippen molar-refractivity contribution in [2.24, 2.45) is 0 Å². The van der Waals surface area contributed by atoms with Crippen LogP contribution in [0.4, 0.5) is 10.5 Å². The van der Waals surface area contributed by atoms with E-state index in [-0.39, 0.29) is 12.1 Å². The summed E-state index contributed by atoms with van der Waals surface area (Å²) in [6.45, 7) is 4.49. The van der Waals surface area contributed by atoms with E-state index in [0.717, 1.165) is 36.3 Å². The van der Waals surface area contributed by atoms with Crippen molar-refractivity contribution in [1.82, 2.24) is 4.90 Å². The number of nitrogens with zero attached hydrogens (tertiary/aromatic N) is 1. The largest absolute Gasteiger partial charge is 0.383 e. The first-order valence-electron chi connectivity index (χ1n) is 9.49. The van der Waals surface area contributed by atoms with Crippen molar-refractivity contribution in [2.45, 2.75) is 25.9 Å². The second-order valence-corrected chi connectivity index (χ2v) is 6.95. The fraction of sp³-hybridized carbons (Fsp3) is 0.409. The van der Waals surface area contributed by atoms with Crippen molar-refractivity contribution >= 4 is 11.7 Å². The topological polar surface area (TPSA) is 50.8 Å². The van der Waals surface area contributed by atoms with Gasteiger partial charge in [-0.1, -0.05) is 42.0 Å². The van der Waals surface area contributed by atoms with Gasteiger partial charge in [-0.05, 0) is 43.0 Å². The summed E-state index contributed by atoms with van der Waals surface area (Å²) in [5.74, 6) is 0. The molecule has 0 bridgehead atoms. The molecule has 0 aromatic heterocycles. The van der Waals surface area contributed by atoms with Crippen LogP contribution in [0.5, 0.6) is 0 Å². The Morgan fingerprint density at radius 3 is 2.74 bits per heavy atom. The van der Waals surface area contributed by atoms with Crippen molar-refractivity contribution in [3.63, 3.8) is 0 Å². The van der Waals surface area contributed by atoms with E-state index in [4.69, 9.17) is 9.47 Å². The number of aryl methyl sites for hydroxylation is 1. The average Bonchev–Trinajstić information content (AvgIpc) is 3.19. The van der Waals surface area contributed by atoms with Crippen LogP contribution in [0.25, 0.3) is 11.1 Å². The highest BCUT2D eigenvalue weighted by molar-refractivity contribution is 5.90. The molecule has 2 aromatic rings. The van der Waals surface area contributed by atoms with Gasteiger partial charge in [-0.25, -0.2) is 4.79 Å². The molecule has 1 heterocycles. The van der Waals surface area contributed by atoms with Crippen LogP contribution in [0.15, 0.2) is 48.5 Å². The first kappa shape index (κ1) is 19.4. The number of carbonyl (C=O) groups is 1. The van der Waals surface area contributed by atoms with Crippen LogP contribution in [0.2, 0.25) is 0 Å². The number of urea groups is 1. The lowest BCUT2D eigenvalue weighted by molar-refractivity contribution is 0.0747. The van der Waals surface area contributed by atoms with Gasteiger partial charge in [-0.2, -0.15) is 0 Å². The summed E-state index contributed by atoms with van der Waals surface area (Å²) < 4.78 is 10.8. The van der Waals surface area contributed by atoms with Crippen molar-refractivity contribution in [2.75, 3.05) is 38.7 Å². The van der Waals surface area contributed by atoms with Crippen molar-refractivity contribution < 1.29 is 14.3 Å². The third-order valence-corrected chi connectivity index (χ3v) is 4.80. The third kappa shape index (κ3) is 5.55. The van der Waals surface area contributed by atoms with Crippen LogP contribution in [-0.4, -0.2) is 50.4 Å². The number of nitrogens with one attached hydrogen (secondary N) is 1. The smallest absolute Gasteiger partial charge is 0.322 e. The minimum absolute atomic E-state index is 0.117. The second kappa shape index (κ2) is 9.53. The summed E-state index contributed by atoms with van der Waals surface area (Å²) in [5.41, 5.74) is 4.22. The number of methoxy groups -OCH3 is 1. The Balaban J connectivity index is 1.68. The van der Waals surface area contributed by atoms with Gasteiger partial charge in [0.15, 0.2) is 0 Å². The van der Waals surface area contributed by atoms with Gasteiger partial charge in [-0.3, -0.25) is 0 Å². The molecule has 5 heteroatoms. The van der Waals surface area contributed by atoms with E-state index in [2.05, 4.69) is 42.6 Å². The van der Waals surface area contributed by atoms with Gasteiger partial charge >= 0.3 is 6.03 Å². The molecular formula is C22H28N2O3. The van der Waals surface area contributed by atoms with E-state index >= 15 is 0 Å².